The Morgan fingerprint density at radius 1 is 1.30 bits per heavy atom. The lowest BCUT2D eigenvalue weighted by Gasteiger charge is -2.32. The SMILES string of the molecule is CCN(CC)C(=O)C(C)NC(=O)C1CC(N)CCC1C. The van der Waals surface area contributed by atoms with Crippen molar-refractivity contribution >= 4 is 11.8 Å². The molecule has 0 aromatic carbocycles. The highest BCUT2D eigenvalue weighted by Gasteiger charge is 2.32. The summed E-state index contributed by atoms with van der Waals surface area (Å²) in [4.78, 5) is 26.2. The van der Waals surface area contributed by atoms with E-state index < -0.39 is 6.04 Å². The minimum Gasteiger partial charge on any atom is -0.344 e. The van der Waals surface area contributed by atoms with Crippen LogP contribution in [0.25, 0.3) is 0 Å². The van der Waals surface area contributed by atoms with E-state index in [1.54, 1.807) is 11.8 Å². The molecule has 1 rings (SSSR count). The Hall–Kier alpha value is -1.10. The van der Waals surface area contributed by atoms with E-state index >= 15 is 0 Å². The van der Waals surface area contributed by atoms with Crippen LogP contribution in [0, 0.1) is 11.8 Å². The van der Waals surface area contributed by atoms with Crippen LogP contribution in [0.2, 0.25) is 0 Å². The zero-order chi connectivity index (χ0) is 15.3. The van der Waals surface area contributed by atoms with Crippen molar-refractivity contribution in [2.24, 2.45) is 17.6 Å². The molecule has 1 aliphatic carbocycles. The maximum atomic E-state index is 12.3. The molecule has 0 bridgehead atoms. The molecule has 5 heteroatoms. The van der Waals surface area contributed by atoms with Gasteiger partial charge < -0.3 is 16.0 Å². The third-order valence-corrected chi connectivity index (χ3v) is 4.38. The van der Waals surface area contributed by atoms with Crippen molar-refractivity contribution in [3.8, 4) is 0 Å². The van der Waals surface area contributed by atoms with Crippen LogP contribution in [0.15, 0.2) is 0 Å². The predicted molar refractivity (Wildman–Crippen MR) is 80.0 cm³/mol. The Labute approximate surface area is 122 Å². The number of hydrogen-bond donors (Lipinski definition) is 2. The van der Waals surface area contributed by atoms with Crippen molar-refractivity contribution in [2.75, 3.05) is 13.1 Å². The Balaban J connectivity index is 2.58. The molecule has 0 saturated heterocycles. The van der Waals surface area contributed by atoms with Crippen LogP contribution in [0.5, 0.6) is 0 Å². The fraction of sp³-hybridized carbons (Fsp3) is 0.867. The number of hydrogen-bond acceptors (Lipinski definition) is 3. The van der Waals surface area contributed by atoms with Gasteiger partial charge in [-0.1, -0.05) is 6.92 Å². The normalized spacial score (nSPS) is 27.8. The second-order valence-corrected chi connectivity index (χ2v) is 5.90. The van der Waals surface area contributed by atoms with Gasteiger partial charge in [-0.05, 0) is 46.0 Å². The Morgan fingerprint density at radius 2 is 1.90 bits per heavy atom. The van der Waals surface area contributed by atoms with Crippen molar-refractivity contribution in [2.45, 2.75) is 59.0 Å². The van der Waals surface area contributed by atoms with E-state index in [1.165, 1.54) is 0 Å². The molecule has 1 aliphatic rings. The summed E-state index contributed by atoms with van der Waals surface area (Å²) in [7, 11) is 0. The zero-order valence-corrected chi connectivity index (χ0v) is 13.2. The number of nitrogens with zero attached hydrogens (tertiary/aromatic N) is 1. The monoisotopic (exact) mass is 283 g/mol. The van der Waals surface area contributed by atoms with E-state index in [9.17, 15) is 9.59 Å². The van der Waals surface area contributed by atoms with Crippen LogP contribution in [-0.4, -0.2) is 41.9 Å². The largest absolute Gasteiger partial charge is 0.344 e. The molecule has 4 atom stereocenters. The molecule has 0 radical (unpaired) electrons. The van der Waals surface area contributed by atoms with Crippen molar-refractivity contribution < 1.29 is 9.59 Å². The first-order chi connectivity index (χ1) is 9.40. The fourth-order valence-corrected chi connectivity index (χ4v) is 2.91. The summed E-state index contributed by atoms with van der Waals surface area (Å²) < 4.78 is 0. The summed E-state index contributed by atoms with van der Waals surface area (Å²) in [6.07, 6.45) is 2.69. The first kappa shape index (κ1) is 17.0. The molecular formula is C15H29N3O2. The Morgan fingerprint density at radius 3 is 2.45 bits per heavy atom. The molecule has 2 amide bonds. The van der Waals surface area contributed by atoms with Gasteiger partial charge in [0.25, 0.3) is 0 Å². The lowest BCUT2D eigenvalue weighted by Crippen LogP contribution is -2.50. The topological polar surface area (TPSA) is 75.4 Å². The number of nitrogens with one attached hydrogen (secondary N) is 1. The maximum absolute atomic E-state index is 12.3. The minimum atomic E-state index is -0.465. The molecule has 0 heterocycles. The van der Waals surface area contributed by atoms with Crippen LogP contribution in [0.3, 0.4) is 0 Å². The van der Waals surface area contributed by atoms with Crippen molar-refractivity contribution in [1.82, 2.24) is 10.2 Å². The number of carbonyl (C=O) groups is 2. The molecule has 0 aromatic rings. The highest BCUT2D eigenvalue weighted by atomic mass is 16.2. The highest BCUT2D eigenvalue weighted by molar-refractivity contribution is 5.88. The van der Waals surface area contributed by atoms with Crippen LogP contribution < -0.4 is 11.1 Å². The minimum absolute atomic E-state index is 0.0175. The molecule has 116 valence electrons. The van der Waals surface area contributed by atoms with E-state index in [0.717, 1.165) is 19.3 Å². The third kappa shape index (κ3) is 4.20. The first-order valence-electron chi connectivity index (χ1n) is 7.75. The van der Waals surface area contributed by atoms with Crippen LogP contribution in [-0.2, 0) is 9.59 Å². The average Bonchev–Trinajstić information content (AvgIpc) is 2.42. The lowest BCUT2D eigenvalue weighted by atomic mass is 9.77. The Bertz CT molecular complexity index is 342. The average molecular weight is 283 g/mol. The number of likely N-dealkylation sites (N-methyl/N-ethyl adjacent to an activating group) is 1. The number of carbonyl (C=O) groups excluding carboxylic acids is 2. The molecule has 5 nitrogen and oxygen atoms in total. The Kier molecular flexibility index (Phi) is 6.46. The van der Waals surface area contributed by atoms with E-state index in [4.69, 9.17) is 5.73 Å². The second kappa shape index (κ2) is 7.62. The fourth-order valence-electron chi connectivity index (χ4n) is 2.91. The standard InChI is InChI=1S/C15H29N3O2/c1-5-18(6-2)15(20)11(4)17-14(19)13-9-12(16)8-7-10(13)3/h10-13H,5-9,16H2,1-4H3,(H,17,19). The van der Waals surface area contributed by atoms with E-state index in [2.05, 4.69) is 12.2 Å². The molecule has 4 unspecified atom stereocenters. The van der Waals surface area contributed by atoms with Gasteiger partial charge >= 0.3 is 0 Å². The molecule has 1 saturated carbocycles. The summed E-state index contributed by atoms with van der Waals surface area (Å²) in [6.45, 7) is 9.07. The summed E-state index contributed by atoms with van der Waals surface area (Å²) in [6, 6.07) is -0.358. The molecule has 0 spiro atoms. The summed E-state index contributed by atoms with van der Waals surface area (Å²) in [5.74, 6) is 0.230. The van der Waals surface area contributed by atoms with Crippen LogP contribution >= 0.6 is 0 Å². The van der Waals surface area contributed by atoms with E-state index in [0.29, 0.717) is 19.0 Å². The van der Waals surface area contributed by atoms with Gasteiger partial charge in [-0.25, -0.2) is 0 Å². The van der Waals surface area contributed by atoms with Gasteiger partial charge in [0.15, 0.2) is 0 Å². The lowest BCUT2D eigenvalue weighted by molar-refractivity contribution is -0.137. The summed E-state index contributed by atoms with van der Waals surface area (Å²) in [5.41, 5.74) is 5.95. The molecule has 20 heavy (non-hydrogen) atoms. The van der Waals surface area contributed by atoms with Gasteiger partial charge in [0.05, 0.1) is 0 Å². The first-order valence-corrected chi connectivity index (χ1v) is 7.75. The second-order valence-electron chi connectivity index (χ2n) is 5.90. The number of rotatable bonds is 5. The molecule has 1 fully saturated rings. The number of nitrogens with two attached hydrogens (primary N) is 1. The molecule has 3 N–H and O–H groups in total. The van der Waals surface area contributed by atoms with Crippen molar-refractivity contribution in [3.05, 3.63) is 0 Å². The van der Waals surface area contributed by atoms with Crippen molar-refractivity contribution in [1.29, 1.82) is 0 Å². The number of amides is 2. The smallest absolute Gasteiger partial charge is 0.244 e. The molecule has 0 aromatic heterocycles. The maximum Gasteiger partial charge on any atom is 0.244 e. The summed E-state index contributed by atoms with van der Waals surface area (Å²) >= 11 is 0. The van der Waals surface area contributed by atoms with Gasteiger partial charge in [0.1, 0.15) is 6.04 Å². The summed E-state index contributed by atoms with van der Waals surface area (Å²) in [5, 5.41) is 2.86. The van der Waals surface area contributed by atoms with E-state index in [1.807, 2.05) is 13.8 Å². The van der Waals surface area contributed by atoms with Gasteiger partial charge in [0, 0.05) is 25.0 Å². The molecular weight excluding hydrogens is 254 g/mol. The van der Waals surface area contributed by atoms with Gasteiger partial charge in [-0.15, -0.1) is 0 Å². The van der Waals surface area contributed by atoms with Crippen molar-refractivity contribution in [3.63, 3.8) is 0 Å². The highest BCUT2D eigenvalue weighted by Crippen LogP contribution is 2.29. The van der Waals surface area contributed by atoms with Crippen LogP contribution in [0.1, 0.15) is 47.0 Å². The third-order valence-electron chi connectivity index (χ3n) is 4.38. The molecule has 0 aliphatic heterocycles. The van der Waals surface area contributed by atoms with Crippen LogP contribution in [0.4, 0.5) is 0 Å². The van der Waals surface area contributed by atoms with E-state index in [-0.39, 0.29) is 23.8 Å². The predicted octanol–water partition coefficient (Wildman–Crippen LogP) is 1.12. The zero-order valence-electron chi connectivity index (χ0n) is 13.2. The van der Waals surface area contributed by atoms with Gasteiger partial charge in [-0.2, -0.15) is 0 Å². The quantitative estimate of drug-likeness (QED) is 0.794. The van der Waals surface area contributed by atoms with Gasteiger partial charge in [-0.3, -0.25) is 9.59 Å². The van der Waals surface area contributed by atoms with Gasteiger partial charge in [0.2, 0.25) is 11.8 Å².